The Kier molecular flexibility index (Phi) is 55.2. The van der Waals surface area contributed by atoms with E-state index in [1.54, 1.807) is 107 Å². The van der Waals surface area contributed by atoms with Crippen molar-refractivity contribution in [1.29, 1.82) is 5.26 Å². The molecule has 0 saturated carbocycles. The maximum Gasteiger partial charge on any atom is 0.231 e. The third-order valence-corrected chi connectivity index (χ3v) is 99.3. The summed E-state index contributed by atoms with van der Waals surface area (Å²) >= 11 is 9.62. The molecule has 406 valence electrons. The second-order valence-corrected chi connectivity index (χ2v) is 85.5. The third kappa shape index (κ3) is 36.6. The zero-order valence-electron chi connectivity index (χ0n) is 33.8. The van der Waals surface area contributed by atoms with Gasteiger partial charge in [-0.25, -0.2) is 9.24 Å². The van der Waals surface area contributed by atoms with E-state index in [2.05, 4.69) is 4.85 Å². The molecule has 0 N–H and O–H groups in total. The molecule has 0 saturated heterocycles. The zero-order chi connectivity index (χ0) is 52.6. The van der Waals surface area contributed by atoms with Crippen LogP contribution >= 0.6 is 0 Å². The van der Waals surface area contributed by atoms with Crippen molar-refractivity contribution >= 4 is 410 Å². The van der Waals surface area contributed by atoms with Gasteiger partial charge in [0.15, 0.2) is 0 Å². The highest BCUT2D eigenvalue weighted by Gasteiger charge is 2.27. The second kappa shape index (κ2) is 55.3. The number of halogens is 1. The molecular weight excluding hydrogens is 1800 g/mol. The van der Waals surface area contributed by atoms with Gasteiger partial charge < -0.3 is 0 Å². The molecule has 4 aromatic rings. The van der Waals surface area contributed by atoms with Gasteiger partial charge in [-0.1, -0.05) is 91.0 Å². The summed E-state index contributed by atoms with van der Waals surface area (Å²) in [5, 5.41) is 9.82. The molecule has 0 amide bonds. The van der Waals surface area contributed by atoms with Gasteiger partial charge in [0.25, 0.3) is 0 Å². The molecule has 0 aliphatic heterocycles. The predicted octanol–water partition coefficient (Wildman–Crippen LogP) is 7.14. The first-order valence-electron chi connectivity index (χ1n) is 16.4. The van der Waals surface area contributed by atoms with Crippen molar-refractivity contribution in [3.05, 3.63) is 114 Å². The van der Waals surface area contributed by atoms with Gasteiger partial charge >= 0.3 is 0 Å². The number of nitrogens with zero attached hydrogens (tertiary/aromatic N) is 2. The minimum atomic E-state index is -0.778. The van der Waals surface area contributed by atoms with Crippen LogP contribution in [0.15, 0.2) is 91.0 Å². The van der Waals surface area contributed by atoms with Gasteiger partial charge in [0.1, 0.15) is 11.9 Å². The summed E-state index contributed by atoms with van der Waals surface area (Å²) < 4.78 is 15.4. The highest BCUT2D eigenvalue weighted by molar-refractivity contribution is 8.81. The van der Waals surface area contributed by atoms with Crippen molar-refractivity contribution in [3.63, 3.8) is 0 Å². The molecule has 0 bridgehead atoms. The fraction of sp³-hybridized carbons (Fsp3) is 0. The molecule has 0 aliphatic carbocycles. The maximum absolute atomic E-state index is 15.4. The molecule has 4 aromatic carbocycles. The van der Waals surface area contributed by atoms with Gasteiger partial charge in [-0.2, -0.15) is 5.26 Å². The highest BCUT2D eigenvalue weighted by atomic mass is 33.5. The number of rotatable bonds is 3. The smallest absolute Gasteiger partial charge is 0.231 e. The Balaban J connectivity index is 0.000000423. The van der Waals surface area contributed by atoms with Gasteiger partial charge in [0, 0.05) is 410 Å². The lowest BCUT2D eigenvalue weighted by Crippen LogP contribution is -1.99. The molecule has 0 heterocycles. The molecule has 0 fully saturated rings. The first kappa shape index (κ1) is 73.9. The summed E-state index contributed by atoms with van der Waals surface area (Å²) in [5.74, 6) is -0.778. The first-order chi connectivity index (χ1) is 36.7. The quantitative estimate of drug-likeness (QED) is 0.205. The van der Waals surface area contributed by atoms with Crippen molar-refractivity contribution < 1.29 is 4.39 Å². The largest absolute Gasteiger partial charge is 0.234 e. The van der Waals surface area contributed by atoms with Crippen LogP contribution in [0.5, 0.6) is 0 Å². The predicted molar refractivity (Wildman–Crippen MR) is 445 cm³/mol. The van der Waals surface area contributed by atoms with E-state index in [0.29, 0.717) is 16.7 Å². The zero-order valence-corrected chi connectivity index (χ0v) is 70.5. The van der Waals surface area contributed by atoms with E-state index >= 15 is 4.39 Å². The van der Waals surface area contributed by atoms with E-state index in [4.69, 9.17) is 28.9 Å². The van der Waals surface area contributed by atoms with Crippen LogP contribution in [0, 0.1) is 23.7 Å². The SMILES string of the molecule is S=S=S=S=S=S=S=S=S=S=S=S=S=S=S=S=S=S=S=S=S=S=S=S=S=S=S=S=S=S=S=S=S=S=S=S=S=S=S=S=S=S=S=S=S.[C-]#[N+]c1c(F)c(C#N)c(-c2ccccc2)c(-c2ccccc2)c1-c1ccccc1. The van der Waals surface area contributed by atoms with Crippen LogP contribution in [-0.2, 0) is 404 Å². The number of benzene rings is 4. The van der Waals surface area contributed by atoms with E-state index < -0.39 is 5.82 Å². The normalized spacial score (nSPS) is 8.69. The summed E-state index contributed by atoms with van der Waals surface area (Å²) in [6.07, 6.45) is 0. The Morgan fingerprint density at radius 2 is 0.527 bits per heavy atom. The van der Waals surface area contributed by atoms with E-state index in [-0.39, 0.29) is 11.3 Å². The van der Waals surface area contributed by atoms with Crippen LogP contribution in [0.3, 0.4) is 0 Å². The Bertz CT molecular complexity index is 4610. The van der Waals surface area contributed by atoms with Crippen LogP contribution in [0.2, 0.25) is 0 Å². The molecule has 4 rings (SSSR count). The Hall–Kier alpha value is 5.69. The summed E-state index contributed by atoms with van der Waals surface area (Å²) in [6.45, 7) is 7.66. The van der Waals surface area contributed by atoms with Gasteiger partial charge in [-0.3, -0.25) is 0 Å². The molecule has 0 spiro atoms. The third-order valence-electron chi connectivity index (χ3n) is 5.99. The molecule has 0 unspecified atom stereocenters. The van der Waals surface area contributed by atoms with Gasteiger partial charge in [0.05, 0.1) is 12.1 Å². The lowest BCUT2D eigenvalue weighted by Gasteiger charge is -2.20. The lowest BCUT2D eigenvalue weighted by atomic mass is 9.83. The first-order valence-corrected chi connectivity index (χ1v) is 75.1. The van der Waals surface area contributed by atoms with Gasteiger partial charge in [0.2, 0.25) is 5.69 Å². The lowest BCUT2D eigenvalue weighted by molar-refractivity contribution is 0.631. The fourth-order valence-electron chi connectivity index (χ4n) is 4.05. The number of hydrogen-bond acceptors (Lipinski definition) is 3. The van der Waals surface area contributed by atoms with Crippen molar-refractivity contribution in [2.24, 2.45) is 0 Å². The van der Waals surface area contributed by atoms with Crippen LogP contribution < -0.4 is 0 Å². The molecular formula is C26H15FN2S45. The summed E-state index contributed by atoms with van der Waals surface area (Å²) in [6, 6.07) is 30.1. The Labute approximate surface area is 559 Å². The van der Waals surface area contributed by atoms with Crippen molar-refractivity contribution in [2.75, 3.05) is 0 Å². The second-order valence-electron chi connectivity index (χ2n) is 9.41. The highest BCUT2D eigenvalue weighted by Crippen LogP contribution is 2.48. The minimum absolute atomic E-state index is 0.110. The van der Waals surface area contributed by atoms with Crippen molar-refractivity contribution in [3.8, 4) is 39.4 Å². The molecule has 0 aliphatic rings. The molecule has 48 heteroatoms. The standard InChI is InChI=1S/C26H15FN2.S45/c1-29-26-24(20-15-9-4-10-16-20)23(19-13-7-3-8-14-19)22(21(17-28)25(26)27)18-11-5-2-6-12-18;1-3-5-7-9-11-13-15-17-19-21-23-25-27-29-31-33-35-37-39-41-43-45-44-42-40-38-36-34-32-30-28-26-24-22-20-18-16-14-12-10-8-6-4-2/h2-16H;. The summed E-state index contributed by atoms with van der Waals surface area (Å²) in [7, 11) is 76.6. The van der Waals surface area contributed by atoms with Crippen molar-refractivity contribution in [1.82, 2.24) is 0 Å². The molecule has 74 heavy (non-hydrogen) atoms. The average molecular weight is 1820 g/mol. The van der Waals surface area contributed by atoms with Crippen LogP contribution in [0.1, 0.15) is 5.56 Å². The van der Waals surface area contributed by atoms with E-state index in [1.165, 1.54) is 17.8 Å². The van der Waals surface area contributed by atoms with Crippen molar-refractivity contribution in [2.45, 2.75) is 0 Å². The monoisotopic (exact) mass is 1810 g/mol. The fourth-order valence-corrected chi connectivity index (χ4v) is 117. The van der Waals surface area contributed by atoms with Crippen LogP contribution in [0.25, 0.3) is 38.2 Å². The number of nitriles is 1. The topological polar surface area (TPSA) is 28.1 Å². The van der Waals surface area contributed by atoms with E-state index in [0.717, 1.165) is 16.7 Å². The Morgan fingerprint density at radius 3 is 0.730 bits per heavy atom. The van der Waals surface area contributed by atoms with Gasteiger partial charge in [-0.05, 0) is 27.8 Å². The Morgan fingerprint density at radius 1 is 0.324 bits per heavy atom. The summed E-state index contributed by atoms with van der Waals surface area (Å²) in [4.78, 5) is 3.50. The van der Waals surface area contributed by atoms with E-state index in [9.17, 15) is 5.26 Å². The molecule has 0 radical (unpaired) electrons. The van der Waals surface area contributed by atoms with E-state index in [1.807, 2.05) is 355 Å². The molecule has 2 nitrogen and oxygen atoms in total. The van der Waals surface area contributed by atoms with Crippen LogP contribution in [0.4, 0.5) is 10.1 Å². The number of hydrogen-bond donors (Lipinski definition) is 0. The molecule has 0 aromatic heterocycles. The average Bonchev–Trinajstić information content (AvgIpc) is 3.44. The molecule has 0 atom stereocenters. The van der Waals surface area contributed by atoms with Crippen LogP contribution in [-0.4, -0.2) is 0 Å². The maximum atomic E-state index is 15.4. The summed E-state index contributed by atoms with van der Waals surface area (Å²) in [5.41, 5.74) is 3.74. The van der Waals surface area contributed by atoms with Gasteiger partial charge in [-0.15, -0.1) is 0 Å². The minimum Gasteiger partial charge on any atom is -0.234 e.